The van der Waals surface area contributed by atoms with Crippen LogP contribution in [0.2, 0.25) is 0 Å². The highest BCUT2D eigenvalue weighted by Crippen LogP contribution is 2.19. The maximum absolute atomic E-state index is 12.4. The third kappa shape index (κ3) is 3.55. The number of rotatable bonds is 6. The van der Waals surface area contributed by atoms with Gasteiger partial charge >= 0.3 is 0 Å². The van der Waals surface area contributed by atoms with Crippen molar-refractivity contribution in [3.8, 4) is 0 Å². The van der Waals surface area contributed by atoms with Crippen molar-refractivity contribution in [3.63, 3.8) is 0 Å². The van der Waals surface area contributed by atoms with Crippen molar-refractivity contribution in [2.24, 2.45) is 7.05 Å². The van der Waals surface area contributed by atoms with Crippen molar-refractivity contribution < 1.29 is 13.5 Å². The Labute approximate surface area is 130 Å². The highest BCUT2D eigenvalue weighted by molar-refractivity contribution is 7.89. The average Bonchev–Trinajstić information content (AvgIpc) is 2.73. The fourth-order valence-electron chi connectivity index (χ4n) is 2.39. The molecule has 6 nitrogen and oxygen atoms in total. The molecule has 0 radical (unpaired) electrons. The Morgan fingerprint density at radius 2 is 1.91 bits per heavy atom. The predicted octanol–water partition coefficient (Wildman–Crippen LogP) is 1.44. The topological polar surface area (TPSA) is 84.2 Å². The highest BCUT2D eigenvalue weighted by Gasteiger charge is 2.23. The van der Waals surface area contributed by atoms with Gasteiger partial charge in [0.05, 0.1) is 17.5 Å². The molecule has 2 aromatic rings. The lowest BCUT2D eigenvalue weighted by Crippen LogP contribution is -2.27. The standard InChI is InChI=1S/C15H21N3O3S/c1-11-15(12(2)18(3)17-11)22(20,21)16-10-9-14(19)13-7-5-4-6-8-13/h4-8,14,16,19H,9-10H2,1-3H3. The first-order valence-corrected chi connectivity index (χ1v) is 8.54. The van der Waals surface area contributed by atoms with Gasteiger partial charge in [-0.25, -0.2) is 13.1 Å². The highest BCUT2D eigenvalue weighted by atomic mass is 32.2. The van der Waals surface area contributed by atoms with Gasteiger partial charge in [0.25, 0.3) is 0 Å². The summed E-state index contributed by atoms with van der Waals surface area (Å²) in [5.74, 6) is 0. The van der Waals surface area contributed by atoms with Crippen LogP contribution in [0.15, 0.2) is 35.2 Å². The molecule has 7 heteroatoms. The minimum atomic E-state index is -3.62. The quantitative estimate of drug-likeness (QED) is 0.842. The summed E-state index contributed by atoms with van der Waals surface area (Å²) in [5.41, 5.74) is 1.83. The predicted molar refractivity (Wildman–Crippen MR) is 83.9 cm³/mol. The van der Waals surface area contributed by atoms with Crippen LogP contribution >= 0.6 is 0 Å². The third-order valence-electron chi connectivity index (χ3n) is 3.61. The van der Waals surface area contributed by atoms with Crippen LogP contribution in [0.3, 0.4) is 0 Å². The number of hydrogen-bond donors (Lipinski definition) is 2. The molecule has 0 amide bonds. The number of aromatic nitrogens is 2. The summed E-state index contributed by atoms with van der Waals surface area (Å²) in [4.78, 5) is 0.212. The molecule has 0 aliphatic heterocycles. The molecule has 0 fully saturated rings. The summed E-state index contributed by atoms with van der Waals surface area (Å²) in [5, 5.41) is 14.2. The van der Waals surface area contributed by atoms with Crippen molar-refractivity contribution >= 4 is 10.0 Å². The minimum Gasteiger partial charge on any atom is -0.388 e. The van der Waals surface area contributed by atoms with E-state index in [0.717, 1.165) is 5.56 Å². The molecule has 2 N–H and O–H groups in total. The Morgan fingerprint density at radius 1 is 1.27 bits per heavy atom. The minimum absolute atomic E-state index is 0.159. The normalized spacial score (nSPS) is 13.3. The second-order valence-electron chi connectivity index (χ2n) is 5.24. The molecule has 0 saturated heterocycles. The average molecular weight is 323 g/mol. The van der Waals surface area contributed by atoms with Gasteiger partial charge in [-0.2, -0.15) is 5.10 Å². The molecule has 0 spiro atoms. The molecule has 1 aromatic heterocycles. The third-order valence-corrected chi connectivity index (χ3v) is 5.32. The molecule has 0 aliphatic carbocycles. The first-order valence-electron chi connectivity index (χ1n) is 7.06. The first kappa shape index (κ1) is 16.7. The monoisotopic (exact) mass is 323 g/mol. The lowest BCUT2D eigenvalue weighted by atomic mass is 10.1. The fourth-order valence-corrected chi connectivity index (χ4v) is 3.87. The van der Waals surface area contributed by atoms with Crippen molar-refractivity contribution in [2.45, 2.75) is 31.3 Å². The van der Waals surface area contributed by atoms with E-state index in [1.807, 2.05) is 30.3 Å². The van der Waals surface area contributed by atoms with Crippen LogP contribution in [0.1, 0.15) is 29.5 Å². The number of nitrogens with one attached hydrogen (secondary N) is 1. The Balaban J connectivity index is 2.02. The summed E-state index contributed by atoms with van der Waals surface area (Å²) < 4.78 is 28.8. The lowest BCUT2D eigenvalue weighted by Gasteiger charge is -2.12. The number of benzene rings is 1. The second kappa shape index (κ2) is 6.60. The molecule has 120 valence electrons. The van der Waals surface area contributed by atoms with Gasteiger partial charge in [-0.15, -0.1) is 0 Å². The smallest absolute Gasteiger partial charge is 0.244 e. The molecular formula is C15H21N3O3S. The molecule has 1 aromatic carbocycles. The fraction of sp³-hybridized carbons (Fsp3) is 0.400. The Bertz CT molecular complexity index is 739. The molecule has 22 heavy (non-hydrogen) atoms. The van der Waals surface area contributed by atoms with E-state index < -0.39 is 16.1 Å². The van der Waals surface area contributed by atoms with Crippen LogP contribution in [0, 0.1) is 13.8 Å². The van der Waals surface area contributed by atoms with Crippen LogP contribution in [0.4, 0.5) is 0 Å². The molecule has 0 saturated carbocycles. The molecule has 1 heterocycles. The molecule has 1 unspecified atom stereocenters. The molecule has 1 atom stereocenters. The van der Waals surface area contributed by atoms with E-state index in [1.165, 1.54) is 0 Å². The number of aliphatic hydroxyl groups is 1. The van der Waals surface area contributed by atoms with Crippen molar-refractivity contribution in [3.05, 3.63) is 47.3 Å². The lowest BCUT2D eigenvalue weighted by molar-refractivity contribution is 0.169. The van der Waals surface area contributed by atoms with Crippen LogP contribution in [-0.4, -0.2) is 29.8 Å². The number of hydrogen-bond acceptors (Lipinski definition) is 4. The number of nitrogens with zero attached hydrogens (tertiary/aromatic N) is 2. The van der Waals surface area contributed by atoms with Gasteiger partial charge in [0.1, 0.15) is 4.90 Å². The van der Waals surface area contributed by atoms with Gasteiger partial charge in [-0.1, -0.05) is 30.3 Å². The van der Waals surface area contributed by atoms with E-state index >= 15 is 0 Å². The van der Waals surface area contributed by atoms with Crippen molar-refractivity contribution in [2.75, 3.05) is 6.54 Å². The zero-order valence-corrected chi connectivity index (χ0v) is 13.8. The van der Waals surface area contributed by atoms with Gasteiger partial charge < -0.3 is 5.11 Å². The van der Waals surface area contributed by atoms with E-state index in [9.17, 15) is 13.5 Å². The first-order chi connectivity index (χ1) is 10.3. The van der Waals surface area contributed by atoms with Gasteiger partial charge in [0.15, 0.2) is 0 Å². The van der Waals surface area contributed by atoms with Crippen LogP contribution < -0.4 is 4.72 Å². The number of aliphatic hydroxyl groups excluding tert-OH is 1. The SMILES string of the molecule is Cc1nn(C)c(C)c1S(=O)(=O)NCCC(O)c1ccccc1. The second-order valence-corrected chi connectivity index (χ2v) is 6.94. The van der Waals surface area contributed by atoms with Gasteiger partial charge in [0.2, 0.25) is 10.0 Å². The molecule has 0 bridgehead atoms. The van der Waals surface area contributed by atoms with Crippen molar-refractivity contribution in [1.29, 1.82) is 0 Å². The summed E-state index contributed by atoms with van der Waals surface area (Å²) in [6.45, 7) is 3.54. The Kier molecular flexibility index (Phi) is 5.00. The van der Waals surface area contributed by atoms with Gasteiger partial charge in [-0.05, 0) is 25.8 Å². The zero-order valence-electron chi connectivity index (χ0n) is 12.9. The Morgan fingerprint density at radius 3 is 2.45 bits per heavy atom. The van der Waals surface area contributed by atoms with Gasteiger partial charge in [0, 0.05) is 13.6 Å². The Hall–Kier alpha value is -1.70. The van der Waals surface area contributed by atoms with E-state index in [1.54, 1.807) is 25.6 Å². The van der Waals surface area contributed by atoms with E-state index in [-0.39, 0.29) is 11.4 Å². The summed E-state index contributed by atoms with van der Waals surface area (Å²) in [7, 11) is -1.91. The molecular weight excluding hydrogens is 302 g/mol. The summed E-state index contributed by atoms with van der Waals surface area (Å²) >= 11 is 0. The van der Waals surface area contributed by atoms with Gasteiger partial charge in [-0.3, -0.25) is 4.68 Å². The van der Waals surface area contributed by atoms with Crippen LogP contribution in [0.25, 0.3) is 0 Å². The van der Waals surface area contributed by atoms with E-state index in [0.29, 0.717) is 17.8 Å². The summed E-state index contributed by atoms with van der Waals surface area (Å²) in [6.07, 6.45) is -0.387. The number of sulfonamides is 1. The molecule has 0 aliphatic rings. The van der Waals surface area contributed by atoms with Crippen molar-refractivity contribution in [1.82, 2.24) is 14.5 Å². The van der Waals surface area contributed by atoms with Crippen LogP contribution in [-0.2, 0) is 17.1 Å². The van der Waals surface area contributed by atoms with Crippen LogP contribution in [0.5, 0.6) is 0 Å². The maximum Gasteiger partial charge on any atom is 0.244 e. The van der Waals surface area contributed by atoms with E-state index in [2.05, 4.69) is 9.82 Å². The number of aryl methyl sites for hydroxylation is 2. The van der Waals surface area contributed by atoms with E-state index in [4.69, 9.17) is 0 Å². The maximum atomic E-state index is 12.4. The zero-order chi connectivity index (χ0) is 16.3. The largest absolute Gasteiger partial charge is 0.388 e. The molecule has 2 rings (SSSR count). The summed E-state index contributed by atoms with van der Waals surface area (Å²) in [6, 6.07) is 9.17.